The van der Waals surface area contributed by atoms with Gasteiger partial charge in [-0.25, -0.2) is 14.2 Å². The van der Waals surface area contributed by atoms with Crippen molar-refractivity contribution in [1.29, 1.82) is 0 Å². The first-order chi connectivity index (χ1) is 11.6. The predicted molar refractivity (Wildman–Crippen MR) is 88.5 cm³/mol. The Hall–Kier alpha value is -1.97. The zero-order chi connectivity index (χ0) is 16.3. The average Bonchev–Trinajstić information content (AvgIpc) is 2.90. The topological polar surface area (TPSA) is 38.7 Å². The van der Waals surface area contributed by atoms with E-state index >= 15 is 0 Å². The fourth-order valence-electron chi connectivity index (χ4n) is 5.73. The van der Waals surface area contributed by atoms with Gasteiger partial charge in [0.1, 0.15) is 5.82 Å². The van der Waals surface area contributed by atoms with Gasteiger partial charge in [0.15, 0.2) is 5.70 Å². The molecule has 0 radical (unpaired) electrons. The van der Waals surface area contributed by atoms with E-state index in [-0.39, 0.29) is 17.2 Å². The second kappa shape index (κ2) is 5.01. The maximum Gasteiger partial charge on any atom is 0.363 e. The zero-order valence-electron chi connectivity index (χ0n) is 13.5. The third kappa shape index (κ3) is 2.23. The molecule has 0 saturated heterocycles. The minimum atomic E-state index is -0.370. The van der Waals surface area contributed by atoms with Gasteiger partial charge >= 0.3 is 5.97 Å². The van der Waals surface area contributed by atoms with E-state index in [4.69, 9.17) is 4.74 Å². The van der Waals surface area contributed by atoms with Crippen molar-refractivity contribution in [2.75, 3.05) is 0 Å². The van der Waals surface area contributed by atoms with Gasteiger partial charge in [0.05, 0.1) is 0 Å². The van der Waals surface area contributed by atoms with E-state index in [1.807, 2.05) is 0 Å². The highest BCUT2D eigenvalue weighted by atomic mass is 19.1. The summed E-state index contributed by atoms with van der Waals surface area (Å²) in [6, 6.07) is 6.06. The Morgan fingerprint density at radius 2 is 1.62 bits per heavy atom. The maximum absolute atomic E-state index is 13.0. The Morgan fingerprint density at radius 3 is 2.21 bits per heavy atom. The van der Waals surface area contributed by atoms with Gasteiger partial charge in [0.2, 0.25) is 5.90 Å². The molecule has 4 saturated carbocycles. The minimum Gasteiger partial charge on any atom is -0.406 e. The molecule has 4 fully saturated rings. The van der Waals surface area contributed by atoms with Crippen molar-refractivity contribution in [3.63, 3.8) is 0 Å². The standard InChI is InChI=1S/C20H20FNO2/c21-16-3-1-12(2-4-16)8-17-18(23)24-19(22-17)20-9-13-5-14(10-20)7-15(6-13)11-20/h1-4,8,13-15H,5-7,9-11H2. The van der Waals surface area contributed by atoms with Gasteiger partial charge in [-0.3, -0.25) is 0 Å². The van der Waals surface area contributed by atoms with Crippen LogP contribution in [0.5, 0.6) is 0 Å². The van der Waals surface area contributed by atoms with Crippen LogP contribution in [0.2, 0.25) is 0 Å². The van der Waals surface area contributed by atoms with Crippen LogP contribution in [0.25, 0.3) is 6.08 Å². The lowest BCUT2D eigenvalue weighted by Crippen LogP contribution is -2.50. The molecule has 0 amide bonds. The Kier molecular flexibility index (Phi) is 3.00. The maximum atomic E-state index is 13.0. The van der Waals surface area contributed by atoms with Crippen molar-refractivity contribution in [2.45, 2.75) is 38.5 Å². The number of hydrogen-bond donors (Lipinski definition) is 0. The summed E-state index contributed by atoms with van der Waals surface area (Å²) in [6.45, 7) is 0. The van der Waals surface area contributed by atoms with Crippen LogP contribution < -0.4 is 0 Å². The van der Waals surface area contributed by atoms with Crippen molar-refractivity contribution >= 4 is 17.9 Å². The van der Waals surface area contributed by atoms with Gasteiger partial charge in [-0.2, -0.15) is 0 Å². The Bertz CT molecular complexity index is 727. The molecule has 5 aliphatic rings. The van der Waals surface area contributed by atoms with Crippen molar-refractivity contribution in [1.82, 2.24) is 0 Å². The first-order valence-corrected chi connectivity index (χ1v) is 8.88. The minimum absolute atomic E-state index is 0.0111. The zero-order valence-corrected chi connectivity index (χ0v) is 13.5. The summed E-state index contributed by atoms with van der Waals surface area (Å²) in [5.74, 6) is 2.34. The van der Waals surface area contributed by atoms with E-state index in [2.05, 4.69) is 4.99 Å². The summed E-state index contributed by atoms with van der Waals surface area (Å²) in [7, 11) is 0. The number of halogens is 1. The molecule has 0 aromatic heterocycles. The molecule has 0 unspecified atom stereocenters. The van der Waals surface area contributed by atoms with E-state index in [1.165, 1.54) is 31.4 Å². The fraction of sp³-hybridized carbons (Fsp3) is 0.500. The summed E-state index contributed by atoms with van der Waals surface area (Å²) < 4.78 is 18.6. The first kappa shape index (κ1) is 14.4. The molecule has 0 atom stereocenters. The molecule has 3 nitrogen and oxygen atoms in total. The second-order valence-electron chi connectivity index (χ2n) is 8.09. The van der Waals surface area contributed by atoms with Crippen LogP contribution in [0.15, 0.2) is 35.0 Å². The van der Waals surface area contributed by atoms with E-state index in [0.717, 1.165) is 42.6 Å². The molecule has 24 heavy (non-hydrogen) atoms. The molecular weight excluding hydrogens is 305 g/mol. The predicted octanol–water partition coefficient (Wildman–Crippen LogP) is 4.34. The molecule has 0 N–H and O–H groups in total. The number of rotatable bonds is 2. The third-order valence-corrected chi connectivity index (χ3v) is 6.29. The van der Waals surface area contributed by atoms with Crippen molar-refractivity contribution < 1.29 is 13.9 Å². The summed E-state index contributed by atoms with van der Waals surface area (Å²) in [5, 5.41) is 0. The number of hydrogen-bond acceptors (Lipinski definition) is 3. The van der Waals surface area contributed by atoms with Crippen LogP contribution >= 0.6 is 0 Å². The molecule has 124 valence electrons. The molecule has 1 heterocycles. The van der Waals surface area contributed by atoms with Gasteiger partial charge in [-0.15, -0.1) is 0 Å². The Morgan fingerprint density at radius 1 is 1.04 bits per heavy atom. The highest BCUT2D eigenvalue weighted by Gasteiger charge is 2.55. The Labute approximate surface area is 140 Å². The van der Waals surface area contributed by atoms with E-state index in [9.17, 15) is 9.18 Å². The molecule has 1 aliphatic heterocycles. The number of nitrogens with zero attached hydrogens (tertiary/aromatic N) is 1. The SMILES string of the molecule is O=C1OC(C23CC4CC(CC(C4)C2)C3)=NC1=Cc1ccc(F)cc1. The lowest BCUT2D eigenvalue weighted by atomic mass is 9.49. The van der Waals surface area contributed by atoms with E-state index in [0.29, 0.717) is 11.6 Å². The molecule has 6 rings (SSSR count). The number of carbonyl (C=O) groups excluding carboxylic acids is 1. The number of esters is 1. The summed E-state index contributed by atoms with van der Waals surface area (Å²) in [4.78, 5) is 16.9. The number of carbonyl (C=O) groups is 1. The molecule has 1 aromatic rings. The van der Waals surface area contributed by atoms with Crippen LogP contribution in [0.1, 0.15) is 44.1 Å². The highest BCUT2D eigenvalue weighted by Crippen LogP contribution is 2.61. The quantitative estimate of drug-likeness (QED) is 0.599. The lowest BCUT2D eigenvalue weighted by molar-refractivity contribution is -0.131. The number of aliphatic imine (C=N–C) groups is 1. The van der Waals surface area contributed by atoms with Crippen LogP contribution in [0.4, 0.5) is 4.39 Å². The molecule has 4 aliphatic carbocycles. The smallest absolute Gasteiger partial charge is 0.363 e. The van der Waals surface area contributed by atoms with Crippen molar-refractivity contribution in [3.8, 4) is 0 Å². The second-order valence-corrected chi connectivity index (χ2v) is 8.09. The van der Waals surface area contributed by atoms with Crippen LogP contribution in [0, 0.1) is 29.0 Å². The van der Waals surface area contributed by atoms with Gasteiger partial charge < -0.3 is 4.74 Å². The van der Waals surface area contributed by atoms with Gasteiger partial charge in [0.25, 0.3) is 0 Å². The largest absolute Gasteiger partial charge is 0.406 e. The van der Waals surface area contributed by atoms with Gasteiger partial charge in [-0.05, 0) is 80.1 Å². The van der Waals surface area contributed by atoms with Crippen molar-refractivity contribution in [2.24, 2.45) is 28.2 Å². The number of benzene rings is 1. The van der Waals surface area contributed by atoms with Crippen LogP contribution in [-0.4, -0.2) is 11.9 Å². The summed E-state index contributed by atoms with van der Waals surface area (Å²) >= 11 is 0. The van der Waals surface area contributed by atoms with Crippen LogP contribution in [0.3, 0.4) is 0 Å². The normalized spacial score (nSPS) is 38.5. The Balaban J connectivity index is 1.47. The van der Waals surface area contributed by atoms with Crippen molar-refractivity contribution in [3.05, 3.63) is 41.3 Å². The summed E-state index contributed by atoms with van der Waals surface area (Å²) in [5.41, 5.74) is 1.09. The lowest BCUT2D eigenvalue weighted by Gasteiger charge is -2.55. The monoisotopic (exact) mass is 325 g/mol. The third-order valence-electron chi connectivity index (χ3n) is 6.29. The molecule has 1 aromatic carbocycles. The number of ether oxygens (including phenoxy) is 1. The van der Waals surface area contributed by atoms with E-state index < -0.39 is 0 Å². The molecule has 0 spiro atoms. The van der Waals surface area contributed by atoms with Crippen LogP contribution in [-0.2, 0) is 9.53 Å². The molecular formula is C20H20FNO2. The number of cyclic esters (lactones) is 1. The highest BCUT2D eigenvalue weighted by molar-refractivity contribution is 6.09. The fourth-order valence-corrected chi connectivity index (χ4v) is 5.73. The summed E-state index contributed by atoms with van der Waals surface area (Å²) in [6.07, 6.45) is 9.09. The van der Waals surface area contributed by atoms with Gasteiger partial charge in [0, 0.05) is 5.41 Å². The molecule has 4 bridgehead atoms. The molecule has 4 heteroatoms. The first-order valence-electron chi connectivity index (χ1n) is 8.88. The van der Waals surface area contributed by atoms with Gasteiger partial charge in [-0.1, -0.05) is 12.1 Å². The van der Waals surface area contributed by atoms with E-state index in [1.54, 1.807) is 18.2 Å². The average molecular weight is 325 g/mol.